The van der Waals surface area contributed by atoms with E-state index in [0.29, 0.717) is 15.9 Å². The zero-order valence-corrected chi connectivity index (χ0v) is 10.8. The fourth-order valence-electron chi connectivity index (χ4n) is 1.36. The van der Waals surface area contributed by atoms with Gasteiger partial charge >= 0.3 is 0 Å². The minimum atomic E-state index is -0.348. The van der Waals surface area contributed by atoms with Gasteiger partial charge in [-0.25, -0.2) is 4.98 Å². The molecule has 4 N–H and O–H groups in total. The number of rotatable bonds is 2. The van der Waals surface area contributed by atoms with Crippen molar-refractivity contribution < 1.29 is 9.90 Å². The van der Waals surface area contributed by atoms with Crippen LogP contribution in [0, 0.1) is 0 Å². The lowest BCUT2D eigenvalue weighted by atomic mass is 10.2. The van der Waals surface area contributed by atoms with Gasteiger partial charge < -0.3 is 16.2 Å². The quantitative estimate of drug-likeness (QED) is 0.451. The summed E-state index contributed by atoms with van der Waals surface area (Å²) >= 11 is 3.23. The standard InChI is InChI=1S/C12H10BrN3O2/c13-11-9(2-1-5-15-11)16-12(18)7-3-4-8(14)10(17)6-7/h1-6,17H,14H2,(H,16,18). The summed E-state index contributed by atoms with van der Waals surface area (Å²) in [6.07, 6.45) is 1.61. The monoisotopic (exact) mass is 307 g/mol. The highest BCUT2D eigenvalue weighted by atomic mass is 79.9. The number of nitrogens with one attached hydrogen (secondary N) is 1. The molecule has 0 radical (unpaired) electrons. The number of aromatic hydroxyl groups is 1. The third-order valence-corrected chi connectivity index (χ3v) is 2.93. The summed E-state index contributed by atoms with van der Waals surface area (Å²) in [4.78, 5) is 15.9. The number of hydrogen-bond acceptors (Lipinski definition) is 4. The number of aromatic nitrogens is 1. The van der Waals surface area contributed by atoms with Crippen molar-refractivity contribution in [3.05, 3.63) is 46.7 Å². The molecule has 1 aromatic carbocycles. The molecule has 0 spiro atoms. The number of pyridine rings is 1. The molecule has 0 aliphatic heterocycles. The Morgan fingerprint density at radius 1 is 1.39 bits per heavy atom. The largest absolute Gasteiger partial charge is 0.506 e. The molecule has 2 rings (SSSR count). The number of phenols is 1. The number of nitrogen functional groups attached to an aromatic ring is 1. The first-order valence-electron chi connectivity index (χ1n) is 5.08. The highest BCUT2D eigenvalue weighted by Crippen LogP contribution is 2.23. The summed E-state index contributed by atoms with van der Waals surface area (Å²) in [6.45, 7) is 0. The molecular weight excluding hydrogens is 298 g/mol. The van der Waals surface area contributed by atoms with Crippen LogP contribution in [0.3, 0.4) is 0 Å². The molecule has 0 aliphatic carbocycles. The molecule has 0 fully saturated rings. The van der Waals surface area contributed by atoms with Gasteiger partial charge in [-0.2, -0.15) is 0 Å². The maximum atomic E-state index is 11.9. The van der Waals surface area contributed by atoms with Gasteiger partial charge in [0.15, 0.2) is 0 Å². The topological polar surface area (TPSA) is 88.2 Å². The van der Waals surface area contributed by atoms with Crippen LogP contribution < -0.4 is 11.1 Å². The summed E-state index contributed by atoms with van der Waals surface area (Å²) in [7, 11) is 0. The molecule has 5 nitrogen and oxygen atoms in total. The summed E-state index contributed by atoms with van der Waals surface area (Å²) in [5.41, 5.74) is 6.57. The van der Waals surface area contributed by atoms with Crippen LogP contribution >= 0.6 is 15.9 Å². The third-order valence-electron chi connectivity index (χ3n) is 2.30. The van der Waals surface area contributed by atoms with Gasteiger partial charge in [-0.15, -0.1) is 0 Å². The van der Waals surface area contributed by atoms with Crippen LogP contribution in [-0.2, 0) is 0 Å². The van der Waals surface area contributed by atoms with Gasteiger partial charge in [0, 0.05) is 11.8 Å². The van der Waals surface area contributed by atoms with E-state index < -0.39 is 0 Å². The number of phenolic OH excluding ortho intramolecular Hbond substituents is 1. The van der Waals surface area contributed by atoms with Gasteiger partial charge in [-0.05, 0) is 46.3 Å². The Morgan fingerprint density at radius 2 is 2.17 bits per heavy atom. The Hall–Kier alpha value is -2.08. The molecule has 0 atom stereocenters. The van der Waals surface area contributed by atoms with Gasteiger partial charge in [-0.3, -0.25) is 4.79 Å². The van der Waals surface area contributed by atoms with Crippen molar-refractivity contribution in [3.8, 4) is 5.75 Å². The fourth-order valence-corrected chi connectivity index (χ4v) is 1.71. The molecule has 0 aliphatic rings. The second kappa shape index (κ2) is 5.05. The summed E-state index contributed by atoms with van der Waals surface area (Å²) in [5, 5.41) is 12.1. The van der Waals surface area contributed by atoms with E-state index in [9.17, 15) is 9.90 Å². The Morgan fingerprint density at radius 3 is 2.83 bits per heavy atom. The number of hydrogen-bond donors (Lipinski definition) is 3. The molecule has 0 saturated heterocycles. The highest BCUT2D eigenvalue weighted by Gasteiger charge is 2.10. The van der Waals surface area contributed by atoms with E-state index in [1.54, 1.807) is 18.3 Å². The zero-order chi connectivity index (χ0) is 13.1. The first kappa shape index (κ1) is 12.4. The molecule has 1 heterocycles. The van der Waals surface area contributed by atoms with Crippen LogP contribution in [0.15, 0.2) is 41.1 Å². The van der Waals surface area contributed by atoms with Gasteiger partial charge in [0.1, 0.15) is 10.4 Å². The lowest BCUT2D eigenvalue weighted by Gasteiger charge is -2.07. The van der Waals surface area contributed by atoms with Crippen LogP contribution in [-0.4, -0.2) is 16.0 Å². The van der Waals surface area contributed by atoms with Crippen LogP contribution in [0.25, 0.3) is 0 Å². The number of carbonyl (C=O) groups is 1. The Kier molecular flexibility index (Phi) is 3.47. The van der Waals surface area contributed by atoms with E-state index in [-0.39, 0.29) is 17.3 Å². The van der Waals surface area contributed by atoms with Crippen molar-refractivity contribution in [2.24, 2.45) is 0 Å². The Labute approximate surface area is 112 Å². The predicted octanol–water partition coefficient (Wildman–Crippen LogP) is 2.38. The lowest BCUT2D eigenvalue weighted by Crippen LogP contribution is -2.12. The van der Waals surface area contributed by atoms with Crippen LogP contribution in [0.1, 0.15) is 10.4 Å². The lowest BCUT2D eigenvalue weighted by molar-refractivity contribution is 0.102. The predicted molar refractivity (Wildman–Crippen MR) is 72.4 cm³/mol. The third kappa shape index (κ3) is 2.60. The van der Waals surface area contributed by atoms with E-state index in [2.05, 4.69) is 26.2 Å². The molecule has 1 amide bonds. The van der Waals surface area contributed by atoms with Crippen molar-refractivity contribution in [1.82, 2.24) is 4.98 Å². The van der Waals surface area contributed by atoms with E-state index in [1.807, 2.05) is 0 Å². The number of carbonyl (C=O) groups excluding carboxylic acids is 1. The van der Waals surface area contributed by atoms with Gasteiger partial charge in [0.25, 0.3) is 5.91 Å². The molecule has 0 saturated carbocycles. The molecule has 0 unspecified atom stereocenters. The molecule has 0 bridgehead atoms. The fraction of sp³-hybridized carbons (Fsp3) is 0. The Balaban J connectivity index is 2.22. The number of halogens is 1. The Bertz CT molecular complexity index is 602. The van der Waals surface area contributed by atoms with Crippen molar-refractivity contribution >= 4 is 33.2 Å². The molecule has 18 heavy (non-hydrogen) atoms. The summed E-state index contributed by atoms with van der Waals surface area (Å²) < 4.78 is 0.540. The second-order valence-corrected chi connectivity index (χ2v) is 4.32. The number of anilines is 2. The van der Waals surface area contributed by atoms with Gasteiger partial charge in [-0.1, -0.05) is 0 Å². The summed E-state index contributed by atoms with van der Waals surface area (Å²) in [5.74, 6) is -0.466. The first-order chi connectivity index (χ1) is 8.58. The number of amides is 1. The average molecular weight is 308 g/mol. The number of benzene rings is 1. The minimum absolute atomic E-state index is 0.118. The van der Waals surface area contributed by atoms with Crippen molar-refractivity contribution in [3.63, 3.8) is 0 Å². The van der Waals surface area contributed by atoms with Crippen LogP contribution in [0.4, 0.5) is 11.4 Å². The SMILES string of the molecule is Nc1ccc(C(=O)Nc2cccnc2Br)cc1O. The molecule has 92 valence electrons. The van der Waals surface area contributed by atoms with E-state index in [0.717, 1.165) is 0 Å². The normalized spacial score (nSPS) is 10.1. The van der Waals surface area contributed by atoms with Crippen LogP contribution in [0.2, 0.25) is 0 Å². The highest BCUT2D eigenvalue weighted by molar-refractivity contribution is 9.10. The van der Waals surface area contributed by atoms with Crippen LogP contribution in [0.5, 0.6) is 5.75 Å². The first-order valence-corrected chi connectivity index (χ1v) is 5.87. The van der Waals surface area contributed by atoms with Gasteiger partial charge in [0.05, 0.1) is 11.4 Å². The molecule has 2 aromatic rings. The van der Waals surface area contributed by atoms with Crippen molar-refractivity contribution in [2.75, 3.05) is 11.1 Å². The van der Waals surface area contributed by atoms with Crippen molar-refractivity contribution in [2.45, 2.75) is 0 Å². The number of nitrogens with zero attached hydrogens (tertiary/aromatic N) is 1. The number of nitrogens with two attached hydrogens (primary N) is 1. The zero-order valence-electron chi connectivity index (χ0n) is 9.22. The minimum Gasteiger partial charge on any atom is -0.506 e. The second-order valence-electron chi connectivity index (χ2n) is 3.57. The van der Waals surface area contributed by atoms with Crippen molar-refractivity contribution in [1.29, 1.82) is 0 Å². The average Bonchev–Trinajstić information content (AvgIpc) is 2.35. The van der Waals surface area contributed by atoms with E-state index in [1.165, 1.54) is 18.2 Å². The molecule has 6 heteroatoms. The van der Waals surface area contributed by atoms with E-state index in [4.69, 9.17) is 5.73 Å². The smallest absolute Gasteiger partial charge is 0.255 e. The molecule has 1 aromatic heterocycles. The van der Waals surface area contributed by atoms with E-state index >= 15 is 0 Å². The summed E-state index contributed by atoms with van der Waals surface area (Å²) in [6, 6.07) is 7.75. The molecular formula is C12H10BrN3O2. The maximum absolute atomic E-state index is 11.9. The maximum Gasteiger partial charge on any atom is 0.255 e. The van der Waals surface area contributed by atoms with Gasteiger partial charge in [0.2, 0.25) is 0 Å².